The Hall–Kier alpha value is -1.27. The van der Waals surface area contributed by atoms with Crippen molar-refractivity contribution in [3.8, 4) is 11.8 Å². The second-order valence-corrected chi connectivity index (χ2v) is 5.05. The third-order valence-corrected chi connectivity index (χ3v) is 3.04. The maximum Gasteiger partial charge on any atom is 0.303 e. The van der Waals surface area contributed by atoms with Gasteiger partial charge in [-0.1, -0.05) is 50.5 Å². The Morgan fingerprint density at radius 3 is 2.60 bits per heavy atom. The normalized spacial score (nSPS) is 12.1. The molecule has 0 aliphatic carbocycles. The smallest absolute Gasteiger partial charge is 0.303 e. The van der Waals surface area contributed by atoms with Crippen LogP contribution in [0, 0.1) is 11.8 Å². The molecule has 0 radical (unpaired) electrons. The van der Waals surface area contributed by atoms with Crippen LogP contribution in [0.5, 0.6) is 0 Å². The van der Waals surface area contributed by atoms with Crippen molar-refractivity contribution >= 4 is 5.97 Å². The molecule has 0 bridgehead atoms. The number of aliphatic hydroxyl groups is 1. The first-order chi connectivity index (χ1) is 9.66. The van der Waals surface area contributed by atoms with Gasteiger partial charge in [0.15, 0.2) is 0 Å². The topological polar surface area (TPSA) is 57.5 Å². The van der Waals surface area contributed by atoms with Crippen molar-refractivity contribution in [3.05, 3.63) is 12.2 Å². The molecule has 0 aromatic carbocycles. The molecule has 0 amide bonds. The third kappa shape index (κ3) is 14.8. The van der Waals surface area contributed by atoms with Gasteiger partial charge >= 0.3 is 5.97 Å². The number of carboxylic acids is 1. The zero-order valence-corrected chi connectivity index (χ0v) is 12.6. The number of rotatable bonds is 11. The summed E-state index contributed by atoms with van der Waals surface area (Å²) in [4.78, 5) is 10.3. The summed E-state index contributed by atoms with van der Waals surface area (Å²) in [6, 6.07) is 0. The minimum absolute atomic E-state index is 0.211. The second-order valence-electron chi connectivity index (χ2n) is 5.05. The molecule has 0 aromatic rings. The summed E-state index contributed by atoms with van der Waals surface area (Å²) in [7, 11) is 0. The van der Waals surface area contributed by atoms with E-state index in [4.69, 9.17) is 5.11 Å². The lowest BCUT2D eigenvalue weighted by Crippen LogP contribution is -2.02. The van der Waals surface area contributed by atoms with E-state index in [0.29, 0.717) is 12.8 Å². The number of carbonyl (C=O) groups is 1. The maximum absolute atomic E-state index is 10.3. The Labute approximate surface area is 123 Å². The van der Waals surface area contributed by atoms with Gasteiger partial charge < -0.3 is 10.2 Å². The molecular formula is C17H28O3. The molecule has 114 valence electrons. The lowest BCUT2D eigenvalue weighted by atomic mass is 10.1. The standard InChI is InChI=1S/C17H28O3/c1-2-3-4-5-6-7-8-10-13-16(18)14-11-9-12-15-17(19)20/h7-8,16,18H,2-6,9,11-12,14-15H2,1H3,(H,19,20)/b8-7+/t16-/m1/s1. The molecule has 0 unspecified atom stereocenters. The molecule has 0 aliphatic rings. The van der Waals surface area contributed by atoms with E-state index < -0.39 is 12.1 Å². The summed E-state index contributed by atoms with van der Waals surface area (Å²) in [6.45, 7) is 2.20. The van der Waals surface area contributed by atoms with Crippen LogP contribution in [0.25, 0.3) is 0 Å². The first-order valence-electron chi connectivity index (χ1n) is 7.72. The van der Waals surface area contributed by atoms with E-state index in [1.807, 2.05) is 6.08 Å². The highest BCUT2D eigenvalue weighted by Crippen LogP contribution is 2.05. The number of unbranched alkanes of at least 4 members (excludes halogenated alkanes) is 6. The lowest BCUT2D eigenvalue weighted by molar-refractivity contribution is -0.137. The van der Waals surface area contributed by atoms with Crippen LogP contribution in [0.2, 0.25) is 0 Å². The fourth-order valence-electron chi connectivity index (χ4n) is 1.84. The number of hydrogen-bond acceptors (Lipinski definition) is 2. The molecule has 20 heavy (non-hydrogen) atoms. The average Bonchev–Trinajstić information content (AvgIpc) is 2.41. The van der Waals surface area contributed by atoms with Gasteiger partial charge in [0.25, 0.3) is 0 Å². The van der Waals surface area contributed by atoms with Gasteiger partial charge in [0.1, 0.15) is 6.10 Å². The molecule has 1 atom stereocenters. The molecule has 0 aromatic heterocycles. The van der Waals surface area contributed by atoms with Crippen LogP contribution in [0.4, 0.5) is 0 Å². The van der Waals surface area contributed by atoms with Crippen LogP contribution in [-0.2, 0) is 4.79 Å². The van der Waals surface area contributed by atoms with Crippen molar-refractivity contribution in [2.75, 3.05) is 0 Å². The van der Waals surface area contributed by atoms with Crippen molar-refractivity contribution in [2.24, 2.45) is 0 Å². The highest BCUT2D eigenvalue weighted by molar-refractivity contribution is 5.66. The van der Waals surface area contributed by atoms with Crippen molar-refractivity contribution in [2.45, 2.75) is 77.2 Å². The quantitative estimate of drug-likeness (QED) is 0.445. The fourth-order valence-corrected chi connectivity index (χ4v) is 1.84. The summed E-state index contributed by atoms with van der Waals surface area (Å²) < 4.78 is 0. The monoisotopic (exact) mass is 280 g/mol. The molecule has 0 aliphatic heterocycles. The van der Waals surface area contributed by atoms with Crippen LogP contribution in [-0.4, -0.2) is 22.3 Å². The molecule has 0 fully saturated rings. The van der Waals surface area contributed by atoms with Gasteiger partial charge in [-0.3, -0.25) is 4.79 Å². The van der Waals surface area contributed by atoms with Gasteiger partial charge in [-0.2, -0.15) is 0 Å². The number of allylic oxidation sites excluding steroid dienone is 2. The van der Waals surface area contributed by atoms with E-state index >= 15 is 0 Å². The largest absolute Gasteiger partial charge is 0.481 e. The summed E-state index contributed by atoms with van der Waals surface area (Å²) in [6.07, 6.45) is 12.5. The predicted octanol–water partition coefficient (Wildman–Crippen LogP) is 3.91. The van der Waals surface area contributed by atoms with Crippen LogP contribution in [0.1, 0.15) is 71.1 Å². The van der Waals surface area contributed by atoms with Gasteiger partial charge in [0.05, 0.1) is 0 Å². The molecule has 0 spiro atoms. The van der Waals surface area contributed by atoms with Crippen LogP contribution in [0.15, 0.2) is 12.2 Å². The van der Waals surface area contributed by atoms with Crippen LogP contribution in [0.3, 0.4) is 0 Å². The molecule has 2 N–H and O–H groups in total. The minimum atomic E-state index is -0.755. The van der Waals surface area contributed by atoms with E-state index in [1.54, 1.807) is 0 Å². The summed E-state index contributed by atoms with van der Waals surface area (Å²) in [5.74, 6) is 4.89. The van der Waals surface area contributed by atoms with E-state index in [-0.39, 0.29) is 6.42 Å². The Balaban J connectivity index is 3.50. The molecule has 0 heterocycles. The van der Waals surface area contributed by atoms with Gasteiger partial charge in [0.2, 0.25) is 0 Å². The SMILES string of the molecule is CCCCCC/C=C/C#C[C@@H](O)CCCCCC(=O)O. The maximum atomic E-state index is 10.3. The first-order valence-corrected chi connectivity index (χ1v) is 7.72. The van der Waals surface area contributed by atoms with Crippen LogP contribution >= 0.6 is 0 Å². The molecular weight excluding hydrogens is 252 g/mol. The lowest BCUT2D eigenvalue weighted by Gasteiger charge is -2.01. The Morgan fingerprint density at radius 2 is 1.90 bits per heavy atom. The molecule has 3 heteroatoms. The second kappa shape index (κ2) is 14.1. The fraction of sp³-hybridized carbons (Fsp3) is 0.706. The summed E-state index contributed by atoms with van der Waals surface area (Å²) >= 11 is 0. The Bertz CT molecular complexity index is 323. The third-order valence-electron chi connectivity index (χ3n) is 3.04. The van der Waals surface area contributed by atoms with Crippen molar-refractivity contribution < 1.29 is 15.0 Å². The molecule has 0 saturated carbocycles. The molecule has 0 rings (SSSR count). The highest BCUT2D eigenvalue weighted by Gasteiger charge is 2.00. The Kier molecular flexibility index (Phi) is 13.2. The Morgan fingerprint density at radius 1 is 1.15 bits per heavy atom. The van der Waals surface area contributed by atoms with E-state index in [2.05, 4.69) is 24.8 Å². The van der Waals surface area contributed by atoms with Gasteiger partial charge in [-0.25, -0.2) is 0 Å². The van der Waals surface area contributed by atoms with Gasteiger partial charge in [-0.05, 0) is 38.2 Å². The number of carboxylic acid groups (broad SMARTS) is 1. The van der Waals surface area contributed by atoms with Crippen molar-refractivity contribution in [3.63, 3.8) is 0 Å². The zero-order valence-electron chi connectivity index (χ0n) is 12.6. The average molecular weight is 280 g/mol. The van der Waals surface area contributed by atoms with Gasteiger partial charge in [0, 0.05) is 6.42 Å². The van der Waals surface area contributed by atoms with E-state index in [9.17, 15) is 9.90 Å². The van der Waals surface area contributed by atoms with Crippen molar-refractivity contribution in [1.29, 1.82) is 0 Å². The summed E-state index contributed by atoms with van der Waals surface area (Å²) in [5.41, 5.74) is 0. The number of aliphatic carboxylic acids is 1. The van der Waals surface area contributed by atoms with E-state index in [1.165, 1.54) is 25.7 Å². The summed E-state index contributed by atoms with van der Waals surface area (Å²) in [5, 5.41) is 18.1. The number of hydrogen-bond donors (Lipinski definition) is 2. The highest BCUT2D eigenvalue weighted by atomic mass is 16.4. The minimum Gasteiger partial charge on any atom is -0.481 e. The van der Waals surface area contributed by atoms with Gasteiger partial charge in [-0.15, -0.1) is 0 Å². The molecule has 0 saturated heterocycles. The molecule has 3 nitrogen and oxygen atoms in total. The van der Waals surface area contributed by atoms with Crippen LogP contribution < -0.4 is 0 Å². The number of aliphatic hydroxyl groups excluding tert-OH is 1. The van der Waals surface area contributed by atoms with E-state index in [0.717, 1.165) is 19.3 Å². The zero-order chi connectivity index (χ0) is 15.1. The van der Waals surface area contributed by atoms with Crippen molar-refractivity contribution in [1.82, 2.24) is 0 Å². The predicted molar refractivity (Wildman–Crippen MR) is 82.4 cm³/mol. The first kappa shape index (κ1) is 18.7.